The largest absolute Gasteiger partial charge is 0.315 e. The first-order valence-electron chi connectivity index (χ1n) is 7.52. The molecule has 0 aliphatic carbocycles. The number of fused-ring (bicyclic) bond motifs is 1. The second-order valence-electron chi connectivity index (χ2n) is 5.08. The van der Waals surface area contributed by atoms with Gasteiger partial charge < -0.3 is 10.7 Å². The predicted molar refractivity (Wildman–Crippen MR) is 98.0 cm³/mol. The van der Waals surface area contributed by atoms with E-state index in [-0.39, 0.29) is 5.92 Å². The molecular formula is C16H17N7S. The standard InChI is InChI=1S/C16H17N7S/c1-3-15-22-23-16(24-15)21-14-5-4-12-13(20-14)6-10(9-19-12)11(7-17)8-18-2/h4-9,11,17H,3H2,1-2H3,(H,20,21,23). The van der Waals surface area contributed by atoms with E-state index in [9.17, 15) is 0 Å². The Balaban J connectivity index is 1.92. The maximum atomic E-state index is 7.53. The molecule has 0 fully saturated rings. The molecule has 0 saturated heterocycles. The van der Waals surface area contributed by atoms with Gasteiger partial charge in [0.15, 0.2) is 0 Å². The highest BCUT2D eigenvalue weighted by atomic mass is 32.1. The van der Waals surface area contributed by atoms with E-state index < -0.39 is 0 Å². The van der Waals surface area contributed by atoms with Gasteiger partial charge in [-0.2, -0.15) is 0 Å². The second kappa shape index (κ2) is 7.22. The molecule has 0 aliphatic rings. The summed E-state index contributed by atoms with van der Waals surface area (Å²) in [6, 6.07) is 5.70. The molecule has 0 amide bonds. The average Bonchev–Trinajstić information content (AvgIpc) is 3.06. The molecule has 24 heavy (non-hydrogen) atoms. The van der Waals surface area contributed by atoms with Crippen molar-refractivity contribution in [3.05, 3.63) is 35.0 Å². The van der Waals surface area contributed by atoms with Crippen LogP contribution in [0.2, 0.25) is 0 Å². The number of rotatable bonds is 6. The van der Waals surface area contributed by atoms with Gasteiger partial charge in [0.2, 0.25) is 5.13 Å². The van der Waals surface area contributed by atoms with Crippen molar-refractivity contribution in [3.8, 4) is 0 Å². The normalized spacial score (nSPS) is 12.6. The molecule has 1 atom stereocenters. The molecule has 3 aromatic heterocycles. The summed E-state index contributed by atoms with van der Waals surface area (Å²) in [7, 11) is 1.69. The SMILES string of the molecule is CCc1nnc(Nc2ccc3ncc(C(C=N)C=NC)cc3n2)s1. The minimum absolute atomic E-state index is 0.194. The number of pyridine rings is 2. The fourth-order valence-electron chi connectivity index (χ4n) is 2.22. The second-order valence-corrected chi connectivity index (χ2v) is 6.14. The van der Waals surface area contributed by atoms with Gasteiger partial charge in [-0.25, -0.2) is 4.98 Å². The number of hydrogen-bond donors (Lipinski definition) is 2. The van der Waals surface area contributed by atoms with Crippen LogP contribution in [0.1, 0.15) is 23.4 Å². The van der Waals surface area contributed by atoms with Gasteiger partial charge in [0.1, 0.15) is 10.8 Å². The number of hydrogen-bond acceptors (Lipinski definition) is 8. The zero-order valence-corrected chi connectivity index (χ0v) is 14.2. The van der Waals surface area contributed by atoms with E-state index in [0.29, 0.717) is 5.82 Å². The maximum absolute atomic E-state index is 7.53. The van der Waals surface area contributed by atoms with Gasteiger partial charge in [-0.05, 0) is 30.2 Å². The summed E-state index contributed by atoms with van der Waals surface area (Å²) in [5.74, 6) is 0.497. The van der Waals surface area contributed by atoms with Crippen molar-refractivity contribution in [2.75, 3.05) is 12.4 Å². The van der Waals surface area contributed by atoms with Crippen molar-refractivity contribution >= 4 is 45.7 Å². The van der Waals surface area contributed by atoms with E-state index in [4.69, 9.17) is 5.41 Å². The highest BCUT2D eigenvalue weighted by Crippen LogP contribution is 2.22. The smallest absolute Gasteiger partial charge is 0.211 e. The van der Waals surface area contributed by atoms with E-state index in [2.05, 4.69) is 30.5 Å². The number of aryl methyl sites for hydroxylation is 1. The molecular weight excluding hydrogens is 322 g/mol. The molecule has 0 spiro atoms. The van der Waals surface area contributed by atoms with E-state index in [1.54, 1.807) is 19.5 Å². The molecule has 2 N–H and O–H groups in total. The Morgan fingerprint density at radius 1 is 1.33 bits per heavy atom. The van der Waals surface area contributed by atoms with Gasteiger partial charge in [0, 0.05) is 25.7 Å². The molecule has 3 aromatic rings. The van der Waals surface area contributed by atoms with Gasteiger partial charge in [-0.1, -0.05) is 18.3 Å². The molecule has 7 nitrogen and oxygen atoms in total. The Morgan fingerprint density at radius 2 is 2.21 bits per heavy atom. The van der Waals surface area contributed by atoms with Gasteiger partial charge in [0.05, 0.1) is 17.0 Å². The first kappa shape index (κ1) is 16.1. The summed E-state index contributed by atoms with van der Waals surface area (Å²) < 4.78 is 0. The molecule has 1 unspecified atom stereocenters. The summed E-state index contributed by atoms with van der Waals surface area (Å²) in [5, 5.41) is 20.6. The molecule has 122 valence electrons. The molecule has 8 heteroatoms. The van der Waals surface area contributed by atoms with Crippen LogP contribution in [0.3, 0.4) is 0 Å². The Bertz CT molecular complexity index is 887. The monoisotopic (exact) mass is 339 g/mol. The molecule has 0 bridgehead atoms. The average molecular weight is 339 g/mol. The summed E-state index contributed by atoms with van der Waals surface area (Å²) in [5.41, 5.74) is 2.44. The first-order chi connectivity index (χ1) is 11.7. The third kappa shape index (κ3) is 3.43. The molecule has 3 rings (SSSR count). The number of nitrogens with zero attached hydrogens (tertiary/aromatic N) is 5. The van der Waals surface area contributed by atoms with Gasteiger partial charge >= 0.3 is 0 Å². The fraction of sp³-hybridized carbons (Fsp3) is 0.250. The van der Waals surface area contributed by atoms with Crippen LogP contribution in [0.5, 0.6) is 0 Å². The molecule has 0 saturated carbocycles. The number of aliphatic imine (C=N–C) groups is 1. The van der Waals surface area contributed by atoms with Crippen molar-refractivity contribution in [1.82, 2.24) is 20.2 Å². The lowest BCUT2D eigenvalue weighted by atomic mass is 10.0. The number of anilines is 2. The molecule has 0 aliphatic heterocycles. The molecule has 0 radical (unpaired) electrons. The Kier molecular flexibility index (Phi) is 4.85. The van der Waals surface area contributed by atoms with Crippen LogP contribution < -0.4 is 5.32 Å². The van der Waals surface area contributed by atoms with Crippen LogP contribution in [0.15, 0.2) is 29.4 Å². The van der Waals surface area contributed by atoms with Crippen LogP contribution in [-0.2, 0) is 6.42 Å². The molecule has 3 heterocycles. The van der Waals surface area contributed by atoms with Gasteiger partial charge in [0.25, 0.3) is 0 Å². The van der Waals surface area contributed by atoms with Crippen molar-refractivity contribution in [3.63, 3.8) is 0 Å². The van der Waals surface area contributed by atoms with Crippen LogP contribution in [-0.4, -0.2) is 39.6 Å². The first-order valence-corrected chi connectivity index (χ1v) is 8.34. The lowest BCUT2D eigenvalue weighted by molar-refractivity contribution is 0.985. The van der Waals surface area contributed by atoms with Crippen LogP contribution >= 0.6 is 11.3 Å². The van der Waals surface area contributed by atoms with E-state index in [1.165, 1.54) is 17.6 Å². The van der Waals surface area contributed by atoms with Crippen molar-refractivity contribution in [2.45, 2.75) is 19.3 Å². The lowest BCUT2D eigenvalue weighted by Crippen LogP contribution is -2.03. The summed E-state index contributed by atoms with van der Waals surface area (Å²) >= 11 is 1.52. The molecule has 0 aromatic carbocycles. The van der Waals surface area contributed by atoms with E-state index in [1.807, 2.05) is 25.1 Å². The lowest BCUT2D eigenvalue weighted by Gasteiger charge is -2.08. The van der Waals surface area contributed by atoms with Crippen LogP contribution in [0, 0.1) is 5.41 Å². The zero-order chi connectivity index (χ0) is 16.9. The summed E-state index contributed by atoms with van der Waals surface area (Å²) in [6.45, 7) is 2.05. The highest BCUT2D eigenvalue weighted by molar-refractivity contribution is 7.15. The van der Waals surface area contributed by atoms with Crippen LogP contribution in [0.25, 0.3) is 11.0 Å². The van der Waals surface area contributed by atoms with E-state index in [0.717, 1.165) is 33.2 Å². The maximum Gasteiger partial charge on any atom is 0.211 e. The van der Waals surface area contributed by atoms with Crippen LogP contribution in [0.4, 0.5) is 10.9 Å². The summed E-state index contributed by atoms with van der Waals surface area (Å²) in [4.78, 5) is 13.0. The van der Waals surface area contributed by atoms with Crippen molar-refractivity contribution < 1.29 is 0 Å². The fourth-order valence-corrected chi connectivity index (χ4v) is 2.90. The minimum Gasteiger partial charge on any atom is -0.315 e. The Labute approximate surface area is 143 Å². The Hall–Kier alpha value is -2.74. The quantitative estimate of drug-likeness (QED) is 0.672. The minimum atomic E-state index is -0.194. The van der Waals surface area contributed by atoms with Gasteiger partial charge in [-0.15, -0.1) is 10.2 Å². The predicted octanol–water partition coefficient (Wildman–Crippen LogP) is 3.22. The zero-order valence-electron chi connectivity index (χ0n) is 13.4. The topological polar surface area (TPSA) is 99.8 Å². The Morgan fingerprint density at radius 3 is 2.92 bits per heavy atom. The number of aromatic nitrogens is 4. The van der Waals surface area contributed by atoms with Crippen molar-refractivity contribution in [1.29, 1.82) is 5.41 Å². The number of nitrogens with one attached hydrogen (secondary N) is 2. The van der Waals surface area contributed by atoms with E-state index >= 15 is 0 Å². The third-order valence-electron chi connectivity index (χ3n) is 3.44. The summed E-state index contributed by atoms with van der Waals surface area (Å²) in [6.07, 6.45) is 5.67. The van der Waals surface area contributed by atoms with Crippen molar-refractivity contribution in [2.24, 2.45) is 4.99 Å². The van der Waals surface area contributed by atoms with Gasteiger partial charge in [-0.3, -0.25) is 9.98 Å². The highest BCUT2D eigenvalue weighted by Gasteiger charge is 2.09. The third-order valence-corrected chi connectivity index (χ3v) is 4.42.